The van der Waals surface area contributed by atoms with E-state index in [0.717, 1.165) is 11.8 Å². The lowest BCUT2D eigenvalue weighted by atomic mass is 10.2. The molecule has 1 heterocycles. The molecule has 1 saturated heterocycles. The Bertz CT molecular complexity index is 266. The molecule has 5 nitrogen and oxygen atoms in total. The first-order valence-electron chi connectivity index (χ1n) is 3.77. The van der Waals surface area contributed by atoms with E-state index < -0.39 is 0 Å². The maximum atomic E-state index is 10.9. The van der Waals surface area contributed by atoms with E-state index in [2.05, 4.69) is 5.43 Å². The van der Waals surface area contributed by atoms with Crippen molar-refractivity contribution in [1.29, 1.82) is 0 Å². The molecule has 0 saturated carbocycles. The molecule has 1 atom stereocenters. The molecule has 1 aliphatic rings. The fourth-order valence-electron chi connectivity index (χ4n) is 0.977. The zero-order chi connectivity index (χ0) is 10.0. The molecule has 0 aliphatic carbocycles. The fourth-order valence-corrected chi connectivity index (χ4v) is 1.86. The van der Waals surface area contributed by atoms with Crippen LogP contribution in [0.3, 0.4) is 0 Å². The Hall–Kier alpha value is -1.04. The van der Waals surface area contributed by atoms with Gasteiger partial charge in [-0.1, -0.05) is 11.8 Å². The molecule has 0 aromatic rings. The number of β-lactam (4-membered cyclic amide) rings is 1. The minimum absolute atomic E-state index is 0.0622. The van der Waals surface area contributed by atoms with E-state index >= 15 is 0 Å². The second-order valence-electron chi connectivity index (χ2n) is 2.70. The third kappa shape index (κ3) is 2.45. The number of thioether (sulfide) groups is 1. The highest BCUT2D eigenvalue weighted by atomic mass is 32.2. The molecule has 1 rings (SSSR count). The summed E-state index contributed by atoms with van der Waals surface area (Å²) in [5.74, 6) is -0.462. The Kier molecular flexibility index (Phi) is 2.92. The van der Waals surface area contributed by atoms with Gasteiger partial charge in [0.05, 0.1) is 6.42 Å². The van der Waals surface area contributed by atoms with Gasteiger partial charge in [0.1, 0.15) is 5.37 Å². The molecule has 1 fully saturated rings. The first-order chi connectivity index (χ1) is 6.00. The molecule has 0 spiro atoms. The number of carbonyl (C=O) groups is 3. The van der Waals surface area contributed by atoms with E-state index in [1.165, 1.54) is 18.9 Å². The molecule has 0 unspecified atom stereocenters. The highest BCUT2D eigenvalue weighted by molar-refractivity contribution is 8.14. The van der Waals surface area contributed by atoms with Gasteiger partial charge in [0.25, 0.3) is 0 Å². The predicted octanol–water partition coefficient (Wildman–Crippen LogP) is -0.124. The maximum Gasteiger partial charge on any atom is 0.245 e. The number of nitrogens with zero attached hydrogens (tertiary/aromatic N) is 1. The molecule has 2 amide bonds. The van der Waals surface area contributed by atoms with Crippen LogP contribution in [0, 0.1) is 0 Å². The summed E-state index contributed by atoms with van der Waals surface area (Å²) in [6.45, 7) is 2.75. The topological polar surface area (TPSA) is 66.5 Å². The highest BCUT2D eigenvalue weighted by Crippen LogP contribution is 2.27. The van der Waals surface area contributed by atoms with Gasteiger partial charge in [0.15, 0.2) is 5.12 Å². The lowest BCUT2D eigenvalue weighted by Crippen LogP contribution is -2.59. The molecule has 0 bridgehead atoms. The summed E-state index contributed by atoms with van der Waals surface area (Å²) in [7, 11) is 0. The first kappa shape index (κ1) is 10.0. The first-order valence-corrected chi connectivity index (χ1v) is 4.65. The van der Waals surface area contributed by atoms with E-state index in [4.69, 9.17) is 0 Å². The van der Waals surface area contributed by atoms with Crippen molar-refractivity contribution < 1.29 is 14.4 Å². The van der Waals surface area contributed by atoms with Gasteiger partial charge < -0.3 is 0 Å². The van der Waals surface area contributed by atoms with Crippen LogP contribution < -0.4 is 5.43 Å². The van der Waals surface area contributed by atoms with Crippen LogP contribution in [0.4, 0.5) is 0 Å². The molecule has 72 valence electrons. The number of hydrazine groups is 1. The number of hydrogen-bond donors (Lipinski definition) is 1. The normalized spacial score (nSPS) is 20.9. The average molecular weight is 202 g/mol. The van der Waals surface area contributed by atoms with Crippen LogP contribution in [0.5, 0.6) is 0 Å². The van der Waals surface area contributed by atoms with Crippen molar-refractivity contribution in [2.45, 2.75) is 25.6 Å². The van der Waals surface area contributed by atoms with Crippen LogP contribution in [0.2, 0.25) is 0 Å². The summed E-state index contributed by atoms with van der Waals surface area (Å²) in [5.41, 5.74) is 2.36. The Balaban J connectivity index is 2.46. The summed E-state index contributed by atoms with van der Waals surface area (Å²) >= 11 is 1.05. The second-order valence-corrected chi connectivity index (χ2v) is 4.05. The fraction of sp³-hybridized carbons (Fsp3) is 0.571. The van der Waals surface area contributed by atoms with Crippen LogP contribution in [0.15, 0.2) is 0 Å². The van der Waals surface area contributed by atoms with Crippen LogP contribution in [0.1, 0.15) is 20.3 Å². The summed E-state index contributed by atoms with van der Waals surface area (Å²) in [6.07, 6.45) is 0.310. The molecule has 0 radical (unpaired) electrons. The van der Waals surface area contributed by atoms with Crippen molar-refractivity contribution >= 4 is 28.7 Å². The predicted molar refractivity (Wildman–Crippen MR) is 47.3 cm³/mol. The number of rotatable bonds is 2. The lowest BCUT2D eigenvalue weighted by Gasteiger charge is -2.38. The zero-order valence-corrected chi connectivity index (χ0v) is 8.18. The van der Waals surface area contributed by atoms with Gasteiger partial charge in [-0.15, -0.1) is 0 Å². The van der Waals surface area contributed by atoms with Crippen LogP contribution in [-0.2, 0) is 14.4 Å². The van der Waals surface area contributed by atoms with Crippen molar-refractivity contribution in [3.8, 4) is 0 Å². The maximum absolute atomic E-state index is 10.9. The summed E-state index contributed by atoms with van der Waals surface area (Å²) in [4.78, 5) is 32.3. The molecule has 13 heavy (non-hydrogen) atoms. The van der Waals surface area contributed by atoms with Gasteiger partial charge in [0, 0.05) is 13.8 Å². The molecule has 6 heteroatoms. The SMILES string of the molecule is CC(=O)NN1C(=O)C[C@H]1SC(C)=O. The highest BCUT2D eigenvalue weighted by Gasteiger charge is 2.38. The number of nitrogens with one attached hydrogen (secondary N) is 1. The summed E-state index contributed by atoms with van der Waals surface area (Å²) < 4.78 is 0. The molecule has 1 N–H and O–H groups in total. The molecular weight excluding hydrogens is 192 g/mol. The summed E-state index contributed by atoms with van der Waals surface area (Å²) in [5, 5.41) is 0.899. The van der Waals surface area contributed by atoms with E-state index in [1.807, 2.05) is 0 Å². The zero-order valence-electron chi connectivity index (χ0n) is 7.36. The Morgan fingerprint density at radius 3 is 2.54 bits per heavy atom. The van der Waals surface area contributed by atoms with Crippen molar-refractivity contribution in [3.63, 3.8) is 0 Å². The van der Waals surface area contributed by atoms with Gasteiger partial charge in [-0.3, -0.25) is 19.8 Å². The number of hydrogen-bond acceptors (Lipinski definition) is 4. The monoisotopic (exact) mass is 202 g/mol. The lowest BCUT2D eigenvalue weighted by molar-refractivity contribution is -0.151. The molecule has 0 aromatic carbocycles. The van der Waals surface area contributed by atoms with E-state index in [1.54, 1.807) is 0 Å². The van der Waals surface area contributed by atoms with Crippen molar-refractivity contribution in [3.05, 3.63) is 0 Å². The van der Waals surface area contributed by atoms with Gasteiger partial charge in [-0.2, -0.15) is 0 Å². The van der Waals surface area contributed by atoms with E-state index in [-0.39, 0.29) is 22.3 Å². The Morgan fingerprint density at radius 1 is 1.54 bits per heavy atom. The van der Waals surface area contributed by atoms with Crippen molar-refractivity contribution in [2.75, 3.05) is 0 Å². The average Bonchev–Trinajstić information content (AvgIpc) is 1.99. The van der Waals surface area contributed by atoms with Crippen LogP contribution in [0.25, 0.3) is 0 Å². The standard InChI is InChI=1S/C7H10N2O3S/c1-4(10)8-9-6(12)3-7(9)13-5(2)11/h7H,3H2,1-2H3,(H,8,10)/t7-/m1/s1. The van der Waals surface area contributed by atoms with Gasteiger partial charge in [-0.05, 0) is 0 Å². The minimum atomic E-state index is -0.304. The number of carbonyl (C=O) groups excluding carboxylic acids is 3. The molecule has 1 aliphatic heterocycles. The minimum Gasteiger partial charge on any atom is -0.287 e. The van der Waals surface area contributed by atoms with Crippen molar-refractivity contribution in [2.24, 2.45) is 0 Å². The van der Waals surface area contributed by atoms with Crippen LogP contribution >= 0.6 is 11.8 Å². The van der Waals surface area contributed by atoms with E-state index in [9.17, 15) is 14.4 Å². The smallest absolute Gasteiger partial charge is 0.245 e. The third-order valence-corrected chi connectivity index (χ3v) is 2.47. The largest absolute Gasteiger partial charge is 0.287 e. The van der Waals surface area contributed by atoms with Crippen LogP contribution in [-0.4, -0.2) is 27.3 Å². The van der Waals surface area contributed by atoms with E-state index in [0.29, 0.717) is 6.42 Å². The summed E-state index contributed by atoms with van der Waals surface area (Å²) in [6, 6.07) is 0. The Morgan fingerprint density at radius 2 is 2.15 bits per heavy atom. The van der Waals surface area contributed by atoms with Gasteiger partial charge in [-0.25, -0.2) is 5.01 Å². The quantitative estimate of drug-likeness (QED) is 0.634. The third-order valence-electron chi connectivity index (χ3n) is 1.49. The number of amides is 2. The van der Waals surface area contributed by atoms with Gasteiger partial charge in [0.2, 0.25) is 11.8 Å². The second kappa shape index (κ2) is 3.78. The molecule has 0 aromatic heterocycles. The Labute approximate surface area is 79.8 Å². The van der Waals surface area contributed by atoms with Gasteiger partial charge >= 0.3 is 0 Å². The molecular formula is C7H10N2O3S. The van der Waals surface area contributed by atoms with Crippen molar-refractivity contribution in [1.82, 2.24) is 10.4 Å².